The molecule has 0 saturated carbocycles. The summed E-state index contributed by atoms with van der Waals surface area (Å²) in [5.41, 5.74) is 26.3. The first-order valence-electron chi connectivity index (χ1n) is 44.2. The second-order valence-corrected chi connectivity index (χ2v) is 33.6. The van der Waals surface area contributed by atoms with E-state index in [-0.39, 0.29) is 23.3 Å². The number of nitrogens with zero attached hydrogens (tertiary/aromatic N) is 22. The molecule has 36 heteroatoms. The number of hydrogen-bond acceptors (Lipinski definition) is 24. The van der Waals surface area contributed by atoms with Crippen LogP contribution >= 0.6 is 0 Å². The minimum Gasteiger partial charge on any atom is -0.382 e. The highest BCUT2D eigenvalue weighted by molar-refractivity contribution is 6.02. The molecule has 682 valence electrons. The molecule has 24 rings (SSSR count). The lowest BCUT2D eigenvalue weighted by molar-refractivity contribution is 0.402. The Balaban J connectivity index is 0.000000110. The number of aromatic amines is 8. The number of rotatable bonds is 20. The molecule has 139 heavy (non-hydrogen) atoms. The van der Waals surface area contributed by atoms with Gasteiger partial charge < -0.3 is 40.4 Å². The lowest BCUT2D eigenvalue weighted by Gasteiger charge is -2.12. The van der Waals surface area contributed by atoms with E-state index in [1.54, 1.807) is 153 Å². The molecule has 24 aromatic rings. The van der Waals surface area contributed by atoms with Crippen LogP contribution in [0.5, 0.6) is 0 Å². The average molecular weight is 1840 g/mol. The molecule has 32 nitrogen and oxygen atoms in total. The van der Waals surface area contributed by atoms with Crippen LogP contribution < -0.4 is 15.5 Å². The van der Waals surface area contributed by atoms with Crippen LogP contribution in [-0.4, -0.2) is 186 Å². The van der Waals surface area contributed by atoms with Gasteiger partial charge in [0.05, 0.1) is 86.0 Å². The third kappa shape index (κ3) is 17.7. The molecule has 0 saturated heterocycles. The van der Waals surface area contributed by atoms with Gasteiger partial charge in [-0.2, -0.15) is 20.4 Å². The highest BCUT2D eigenvalue weighted by Crippen LogP contribution is 2.41. The molecule has 20 aromatic heterocycles. The average Bonchev–Trinajstić information content (AvgIpc) is 1.63. The third-order valence-electron chi connectivity index (χ3n) is 23.3. The number of halogens is 4. The van der Waals surface area contributed by atoms with Crippen molar-refractivity contribution in [2.45, 2.75) is 39.9 Å². The number of anilines is 2. The minimum atomic E-state index is -0.324. The fourth-order valence-electron chi connectivity index (χ4n) is 16.6. The maximum atomic E-state index is 14.5. The summed E-state index contributed by atoms with van der Waals surface area (Å²) in [4.78, 5) is 89.2. The fraction of sp³-hybridized carbons (Fsp3) is 0.107. The van der Waals surface area contributed by atoms with Gasteiger partial charge in [-0.05, 0) is 118 Å². The van der Waals surface area contributed by atoms with Crippen molar-refractivity contribution < 1.29 is 17.6 Å². The van der Waals surface area contributed by atoms with Crippen molar-refractivity contribution in [3.63, 3.8) is 0 Å². The van der Waals surface area contributed by atoms with Crippen LogP contribution in [0.3, 0.4) is 0 Å². The van der Waals surface area contributed by atoms with Gasteiger partial charge in [-0.3, -0.25) is 60.3 Å². The lowest BCUT2D eigenvalue weighted by atomic mass is 10.1. The maximum absolute atomic E-state index is 14.5. The topological polar surface area (TPSA) is 415 Å². The van der Waals surface area contributed by atoms with Crippen LogP contribution in [-0.2, 0) is 13.1 Å². The lowest BCUT2D eigenvalue weighted by Crippen LogP contribution is -2.11. The summed E-state index contributed by atoms with van der Waals surface area (Å²) in [7, 11) is 8.00. The number of H-pyrrole nitrogens is 8. The van der Waals surface area contributed by atoms with Crippen LogP contribution in [0.15, 0.2) is 270 Å². The largest absolute Gasteiger partial charge is 0.382 e. The minimum absolute atomic E-state index is 0.296. The summed E-state index contributed by atoms with van der Waals surface area (Å²) in [6, 6.07) is 43.1. The van der Waals surface area contributed by atoms with Gasteiger partial charge in [0, 0.05) is 215 Å². The number of hydrogen-bond donors (Lipinski definition) is 10. The van der Waals surface area contributed by atoms with Gasteiger partial charge in [-0.15, -0.1) is 0 Å². The molecule has 0 fully saturated rings. The zero-order chi connectivity index (χ0) is 94.9. The Labute approximate surface area is 787 Å². The first kappa shape index (κ1) is 87.3. The first-order valence-corrected chi connectivity index (χ1v) is 44.2. The molecule has 0 spiro atoms. The Morgan fingerprint density at radius 2 is 0.619 bits per heavy atom. The van der Waals surface area contributed by atoms with E-state index >= 15 is 0 Å². The molecular formula is C103H82F4N32. The molecular weight excluding hydrogens is 1760 g/mol. The Morgan fingerprint density at radius 3 is 0.950 bits per heavy atom. The summed E-state index contributed by atoms with van der Waals surface area (Å²) in [6.45, 7) is 8.67. The molecule has 0 aliphatic carbocycles. The molecule has 0 amide bonds. The number of benzene rings is 4. The molecule has 0 atom stereocenters. The maximum Gasteiger partial charge on any atom is 0.181 e. The second kappa shape index (κ2) is 37.6. The van der Waals surface area contributed by atoms with Crippen LogP contribution in [0.25, 0.3) is 223 Å². The smallest absolute Gasteiger partial charge is 0.181 e. The van der Waals surface area contributed by atoms with Crippen LogP contribution in [0.4, 0.5) is 28.9 Å². The number of fused-ring (bicyclic) bond motifs is 8. The van der Waals surface area contributed by atoms with E-state index in [0.29, 0.717) is 163 Å². The van der Waals surface area contributed by atoms with Gasteiger partial charge in [0.15, 0.2) is 45.9 Å². The number of pyridine rings is 12. The summed E-state index contributed by atoms with van der Waals surface area (Å²) >= 11 is 0. The third-order valence-corrected chi connectivity index (χ3v) is 23.3. The number of nitrogens with one attached hydrogen (secondary N) is 10. The van der Waals surface area contributed by atoms with Crippen molar-refractivity contribution in [2.75, 3.05) is 45.0 Å². The van der Waals surface area contributed by atoms with E-state index < -0.39 is 0 Å². The van der Waals surface area contributed by atoms with Crippen molar-refractivity contribution in [2.24, 2.45) is 0 Å². The Kier molecular flexibility index (Phi) is 23.6. The van der Waals surface area contributed by atoms with Crippen LogP contribution in [0, 0.1) is 23.3 Å². The van der Waals surface area contributed by atoms with Crippen molar-refractivity contribution in [1.82, 2.24) is 151 Å². The Bertz CT molecular complexity index is 8450. The normalized spacial score (nSPS) is 11.5. The molecule has 4 aromatic carbocycles. The molecule has 0 aliphatic rings. The van der Waals surface area contributed by atoms with Crippen LogP contribution in [0.1, 0.15) is 31.9 Å². The van der Waals surface area contributed by atoms with Crippen molar-refractivity contribution >= 4 is 99.6 Å². The molecule has 20 heterocycles. The SMILES string of the molecule is CC(C)Nc1cncc(-c2cnc3n[nH]c(-c4nc5c(-c6ccccc6F)cncc5[nH]4)c3c2)c1.CCNCc1cncc(-c2cnc3n[nH]c(-c4nc5c(-c6ccccc6F)cncc5[nH]4)c3c2)c1.CN(C)Cc1cncc(-c2cnc3n[nH]c(-c4nc5c(-c6ccccc6F)cncc5[nH]4)c3c2)c1.CN(C)c1cncc(-c2cnc3n[nH]c(-c4nc5c(-c6ccccc6F)cncc5[nH]4)c3c2)c1. The second-order valence-electron chi connectivity index (χ2n) is 33.6. The van der Waals surface area contributed by atoms with Gasteiger partial charge in [-0.1, -0.05) is 79.7 Å². The van der Waals surface area contributed by atoms with Gasteiger partial charge in [-0.25, -0.2) is 57.4 Å². The fourth-order valence-corrected chi connectivity index (χ4v) is 16.6. The van der Waals surface area contributed by atoms with Gasteiger partial charge in [0.2, 0.25) is 0 Å². The van der Waals surface area contributed by atoms with E-state index in [1.807, 2.05) is 107 Å². The summed E-state index contributed by atoms with van der Waals surface area (Å²) in [5, 5.41) is 39.6. The van der Waals surface area contributed by atoms with Crippen molar-refractivity contribution in [3.05, 3.63) is 304 Å². The molecule has 0 aliphatic heterocycles. The van der Waals surface area contributed by atoms with E-state index in [2.05, 4.69) is 175 Å². The molecule has 0 radical (unpaired) electrons. The van der Waals surface area contributed by atoms with Gasteiger partial charge >= 0.3 is 0 Å². The monoisotopic (exact) mass is 1840 g/mol. The predicted molar refractivity (Wildman–Crippen MR) is 529 cm³/mol. The zero-order valence-electron chi connectivity index (χ0n) is 75.5. The summed E-state index contributed by atoms with van der Waals surface area (Å²) < 4.78 is 58.0. The molecule has 10 N–H and O–H groups in total. The Hall–Kier alpha value is -18.3. The standard InChI is InChI=1S/3C26H21FN8.C25H19FN8/c1-35(2)14-15-7-16(10-28-9-15)17-8-19-24(33-34-25(19)30-11-17)26-31-22-13-29-12-20(23(22)32-26)18-5-3-4-6-21(18)27;1-14(2)31-17-7-15(9-28-11-17)16-8-19-24(34-35-25(19)30-10-16)26-32-22-13-29-12-20(23(22)33-26)18-5-3-4-6-21(18)27;1-2-28-9-15-7-16(11-29-10-15)17-8-19-24(34-35-25(19)31-12-17)26-32-22-14-30-13-20(23(22)33-26)18-5-3-4-6-21(18)27;1-34(2)16-7-14(9-27-11-16)15-8-18-23(32-33-24(18)29-10-15)25-30-21-13-28-12-19(22(21)31-25)17-5-3-4-6-20(17)26/h3-13H,14H2,1-2H3,(H,31,32)(H,30,33,34);3-14,31H,1-2H3,(H,32,33)(H,30,34,35);3-8,10-14,28H,2,9H2,1H3,(H,32,33)(H,31,34,35);3-13H,1-2H3,(H,30,31)(H,29,32,33). The van der Waals surface area contributed by atoms with Crippen molar-refractivity contribution in [1.29, 1.82) is 0 Å². The highest BCUT2D eigenvalue weighted by Gasteiger charge is 2.25. The Morgan fingerprint density at radius 1 is 0.317 bits per heavy atom. The van der Waals surface area contributed by atoms with Gasteiger partial charge in [0.1, 0.15) is 68.1 Å². The highest BCUT2D eigenvalue weighted by atomic mass is 19.1. The van der Waals surface area contributed by atoms with E-state index in [0.717, 1.165) is 108 Å². The van der Waals surface area contributed by atoms with E-state index in [9.17, 15) is 17.6 Å². The number of imidazole rings is 4. The zero-order valence-corrected chi connectivity index (χ0v) is 75.5. The van der Waals surface area contributed by atoms with Gasteiger partial charge in [0.25, 0.3) is 0 Å². The summed E-state index contributed by atoms with van der Waals surface area (Å²) in [5.74, 6) is 1.00. The van der Waals surface area contributed by atoms with Crippen molar-refractivity contribution in [3.8, 4) is 135 Å². The quantitative estimate of drug-likeness (QED) is 0.0317. The predicted octanol–water partition coefficient (Wildman–Crippen LogP) is 20.1. The van der Waals surface area contributed by atoms with E-state index in [1.165, 1.54) is 24.3 Å². The molecule has 0 bridgehead atoms. The first-order chi connectivity index (χ1) is 67.9. The number of aromatic nitrogens is 28. The van der Waals surface area contributed by atoms with E-state index in [4.69, 9.17) is 19.9 Å². The molecule has 0 unspecified atom stereocenters. The summed E-state index contributed by atoms with van der Waals surface area (Å²) in [6.07, 6.45) is 35.0. The van der Waals surface area contributed by atoms with Crippen LogP contribution in [0.2, 0.25) is 0 Å².